The zero-order chi connectivity index (χ0) is 29.7. The number of aliphatic hydroxyl groups is 1. The number of ether oxygens (including phenoxy) is 4. The number of aliphatic hydroxyl groups excluding tert-OH is 1. The largest absolute Gasteiger partial charge is 0.411 e. The molecule has 3 aromatic rings. The van der Waals surface area contributed by atoms with Crippen molar-refractivity contribution >= 4 is 41.4 Å². The molecule has 0 radical (unpaired) electrons. The SMILES string of the molecule is CO.CSc1nnc(-c2cc(NC(=O)CCOCCOCCOCCOCCC=O)cc(-c3nnc(SC)o3)c2)o1. The molecule has 0 atom stereocenters. The van der Waals surface area contributed by atoms with Crippen LogP contribution in [0.1, 0.15) is 12.8 Å². The Labute approximate surface area is 246 Å². The fourth-order valence-electron chi connectivity index (χ4n) is 3.05. The summed E-state index contributed by atoms with van der Waals surface area (Å²) >= 11 is 2.67. The second-order valence-electron chi connectivity index (χ2n) is 7.66. The number of nitrogens with one attached hydrogen (secondary N) is 1. The first kappa shape index (κ1) is 34.3. The van der Waals surface area contributed by atoms with Crippen molar-refractivity contribution in [2.75, 3.05) is 77.8 Å². The average Bonchev–Trinajstić information content (AvgIpc) is 3.68. The van der Waals surface area contributed by atoms with Crippen molar-refractivity contribution < 1.29 is 42.5 Å². The molecule has 2 aromatic heterocycles. The zero-order valence-electron chi connectivity index (χ0n) is 23.2. The Balaban J connectivity index is 0.00000287. The maximum atomic E-state index is 12.6. The van der Waals surface area contributed by atoms with E-state index in [1.807, 2.05) is 12.5 Å². The smallest absolute Gasteiger partial charge is 0.276 e. The Morgan fingerprint density at radius 2 is 1.24 bits per heavy atom. The molecule has 0 aliphatic rings. The highest BCUT2D eigenvalue weighted by Crippen LogP contribution is 2.31. The molecule has 0 saturated carbocycles. The van der Waals surface area contributed by atoms with Gasteiger partial charge in [0.15, 0.2) is 0 Å². The van der Waals surface area contributed by atoms with Crippen molar-refractivity contribution in [2.24, 2.45) is 0 Å². The van der Waals surface area contributed by atoms with E-state index in [2.05, 4.69) is 25.7 Å². The summed E-state index contributed by atoms with van der Waals surface area (Å²) < 4.78 is 32.8. The van der Waals surface area contributed by atoms with Crippen molar-refractivity contribution in [1.29, 1.82) is 0 Å². The van der Waals surface area contributed by atoms with Crippen molar-refractivity contribution in [1.82, 2.24) is 20.4 Å². The number of rotatable bonds is 20. The van der Waals surface area contributed by atoms with Crippen LogP contribution in [0.3, 0.4) is 0 Å². The van der Waals surface area contributed by atoms with Crippen LogP contribution in [0.15, 0.2) is 37.5 Å². The maximum absolute atomic E-state index is 12.6. The molecular weight excluding hydrogens is 578 g/mol. The van der Waals surface area contributed by atoms with Gasteiger partial charge in [-0.1, -0.05) is 23.5 Å². The number of carbonyl (C=O) groups excluding carboxylic acids is 2. The van der Waals surface area contributed by atoms with E-state index in [1.54, 1.807) is 18.2 Å². The summed E-state index contributed by atoms with van der Waals surface area (Å²) in [6.45, 7) is 3.12. The van der Waals surface area contributed by atoms with Gasteiger partial charge in [0.1, 0.15) is 6.29 Å². The van der Waals surface area contributed by atoms with E-state index in [0.29, 0.717) is 91.7 Å². The molecule has 0 bridgehead atoms. The van der Waals surface area contributed by atoms with Crippen LogP contribution in [-0.4, -0.2) is 110 Å². The molecule has 14 nitrogen and oxygen atoms in total. The zero-order valence-corrected chi connectivity index (χ0v) is 24.8. The molecule has 0 spiro atoms. The number of thioether (sulfide) groups is 2. The maximum Gasteiger partial charge on any atom is 0.276 e. The number of hydrogen-bond acceptors (Lipinski definition) is 15. The molecule has 41 heavy (non-hydrogen) atoms. The number of benzene rings is 1. The number of anilines is 1. The molecule has 2 N–H and O–H groups in total. The van der Waals surface area contributed by atoms with Crippen molar-refractivity contribution in [3.8, 4) is 22.9 Å². The van der Waals surface area contributed by atoms with Gasteiger partial charge in [-0.05, 0) is 30.7 Å². The van der Waals surface area contributed by atoms with Crippen molar-refractivity contribution in [2.45, 2.75) is 23.3 Å². The number of hydrogen-bond donors (Lipinski definition) is 2. The first-order chi connectivity index (χ1) is 20.1. The molecule has 0 saturated heterocycles. The summed E-state index contributed by atoms with van der Waals surface area (Å²) in [4.78, 5) is 22.7. The quantitative estimate of drug-likeness (QED) is 0.108. The lowest BCUT2D eigenvalue weighted by atomic mass is 10.1. The minimum atomic E-state index is -0.228. The van der Waals surface area contributed by atoms with Gasteiger partial charge in [0.05, 0.1) is 59.3 Å². The molecule has 2 heterocycles. The van der Waals surface area contributed by atoms with E-state index >= 15 is 0 Å². The van der Waals surface area contributed by atoms with E-state index in [4.69, 9.17) is 32.9 Å². The van der Waals surface area contributed by atoms with Gasteiger partial charge >= 0.3 is 0 Å². The van der Waals surface area contributed by atoms with Crippen LogP contribution in [0.4, 0.5) is 5.69 Å². The number of amides is 1. The molecule has 3 rings (SSSR count). The summed E-state index contributed by atoms with van der Waals surface area (Å²) in [6.07, 6.45) is 5.03. The topological polar surface area (TPSA) is 181 Å². The van der Waals surface area contributed by atoms with Crippen molar-refractivity contribution in [3.63, 3.8) is 0 Å². The van der Waals surface area contributed by atoms with Gasteiger partial charge in [0, 0.05) is 30.3 Å². The predicted octanol–water partition coefficient (Wildman–Crippen LogP) is 2.82. The third kappa shape index (κ3) is 13.1. The van der Waals surface area contributed by atoms with Crippen LogP contribution >= 0.6 is 23.5 Å². The van der Waals surface area contributed by atoms with Crippen molar-refractivity contribution in [3.05, 3.63) is 18.2 Å². The lowest BCUT2D eigenvalue weighted by Gasteiger charge is -2.09. The fourth-order valence-corrected chi connectivity index (χ4v) is 3.62. The lowest BCUT2D eigenvalue weighted by molar-refractivity contribution is -0.117. The number of aromatic nitrogens is 4. The summed E-state index contributed by atoms with van der Waals surface area (Å²) in [6, 6.07) is 5.25. The molecule has 16 heteroatoms. The number of aldehydes is 1. The molecule has 1 amide bonds. The van der Waals surface area contributed by atoms with E-state index < -0.39 is 0 Å². The first-order valence-corrected chi connectivity index (χ1v) is 15.0. The van der Waals surface area contributed by atoms with E-state index in [0.717, 1.165) is 13.4 Å². The summed E-state index contributed by atoms with van der Waals surface area (Å²) in [7, 11) is 1.00. The Morgan fingerprint density at radius 3 is 1.68 bits per heavy atom. The van der Waals surface area contributed by atoms with Crippen LogP contribution in [0, 0.1) is 0 Å². The Kier molecular flexibility index (Phi) is 17.5. The van der Waals surface area contributed by atoms with Crippen LogP contribution in [0.25, 0.3) is 22.9 Å². The minimum absolute atomic E-state index is 0.154. The predicted molar refractivity (Wildman–Crippen MR) is 152 cm³/mol. The van der Waals surface area contributed by atoms with Gasteiger partial charge in [0.2, 0.25) is 17.7 Å². The summed E-state index contributed by atoms with van der Waals surface area (Å²) in [5.74, 6) is 0.379. The molecular formula is C25H35N5O9S2. The summed E-state index contributed by atoms with van der Waals surface area (Å²) in [5.41, 5.74) is 1.71. The summed E-state index contributed by atoms with van der Waals surface area (Å²) in [5, 5.41) is 26.8. The Hall–Kier alpha value is -2.86. The van der Waals surface area contributed by atoms with Gasteiger partial charge in [-0.15, -0.1) is 20.4 Å². The van der Waals surface area contributed by atoms with Crippen LogP contribution in [-0.2, 0) is 28.5 Å². The normalized spacial score (nSPS) is 10.7. The van der Waals surface area contributed by atoms with E-state index in [1.165, 1.54) is 23.5 Å². The molecule has 0 aliphatic carbocycles. The number of carbonyl (C=O) groups is 2. The molecule has 1 aromatic carbocycles. The van der Waals surface area contributed by atoms with Gasteiger partial charge in [-0.25, -0.2) is 0 Å². The van der Waals surface area contributed by atoms with Crippen LogP contribution in [0.5, 0.6) is 0 Å². The minimum Gasteiger partial charge on any atom is -0.411 e. The lowest BCUT2D eigenvalue weighted by Crippen LogP contribution is -2.16. The monoisotopic (exact) mass is 613 g/mol. The highest BCUT2D eigenvalue weighted by atomic mass is 32.2. The standard InChI is InChI=1S/C24H31N5O8S2.CH4O/c1-38-23-28-26-21(36-23)17-14-18(22-27-29-24(37-22)39-2)16-19(15-17)25-20(31)4-7-33-9-11-35-13-12-34-10-8-32-6-3-5-30;1-2/h5,14-16H,3-4,6-13H2,1-2H3,(H,25,31);2H,1H3. The molecule has 0 aliphatic heterocycles. The third-order valence-electron chi connectivity index (χ3n) is 4.84. The van der Waals surface area contributed by atoms with E-state index in [-0.39, 0.29) is 18.9 Å². The Bertz CT molecular complexity index is 1100. The molecule has 0 fully saturated rings. The third-order valence-corrected chi connectivity index (χ3v) is 5.87. The second-order valence-corrected chi connectivity index (χ2v) is 9.17. The van der Waals surface area contributed by atoms with Gasteiger partial charge in [-0.2, -0.15) is 0 Å². The molecule has 226 valence electrons. The van der Waals surface area contributed by atoms with Crippen LogP contribution in [0.2, 0.25) is 0 Å². The highest BCUT2D eigenvalue weighted by molar-refractivity contribution is 7.98. The van der Waals surface area contributed by atoms with Gasteiger partial charge in [0.25, 0.3) is 10.4 Å². The highest BCUT2D eigenvalue weighted by Gasteiger charge is 2.16. The molecule has 0 unspecified atom stereocenters. The number of nitrogens with zero attached hydrogens (tertiary/aromatic N) is 4. The first-order valence-electron chi connectivity index (χ1n) is 12.5. The van der Waals surface area contributed by atoms with Crippen LogP contribution < -0.4 is 5.32 Å². The second kappa shape index (κ2) is 20.9. The van der Waals surface area contributed by atoms with Gasteiger partial charge < -0.3 is 43.0 Å². The van der Waals surface area contributed by atoms with E-state index in [9.17, 15) is 9.59 Å². The fraction of sp³-hybridized carbons (Fsp3) is 0.520. The average molecular weight is 614 g/mol. The van der Waals surface area contributed by atoms with Gasteiger partial charge in [-0.3, -0.25) is 4.79 Å². The Morgan fingerprint density at radius 1 is 0.780 bits per heavy atom.